The fraction of sp³-hybridized carbons (Fsp3) is 0.478. The molecule has 1 saturated heterocycles. The van der Waals surface area contributed by atoms with Crippen LogP contribution in [0.2, 0.25) is 0 Å². The lowest BCUT2D eigenvalue weighted by Crippen LogP contribution is -2.46. The van der Waals surface area contributed by atoms with Crippen molar-refractivity contribution in [3.05, 3.63) is 52.2 Å². The molecule has 0 spiro atoms. The third-order valence-electron chi connectivity index (χ3n) is 5.73. The Bertz CT molecular complexity index is 880. The summed E-state index contributed by atoms with van der Waals surface area (Å²) >= 11 is 1.77. The number of benzene rings is 1. The number of guanidine groups is 1. The zero-order valence-electron chi connectivity index (χ0n) is 18.0. The quantitative estimate of drug-likeness (QED) is 0.510. The maximum atomic E-state index is 12.8. The van der Waals surface area contributed by atoms with Gasteiger partial charge < -0.3 is 20.3 Å². The van der Waals surface area contributed by atoms with Crippen LogP contribution in [-0.4, -0.2) is 69.2 Å². The molecule has 166 valence electrons. The van der Waals surface area contributed by atoms with Gasteiger partial charge in [-0.15, -0.1) is 11.3 Å². The molecule has 4 rings (SSSR count). The fourth-order valence-electron chi connectivity index (χ4n) is 4.14. The average molecular weight is 442 g/mol. The van der Waals surface area contributed by atoms with Gasteiger partial charge in [0, 0.05) is 43.3 Å². The average Bonchev–Trinajstić information content (AvgIpc) is 3.48. The summed E-state index contributed by atoms with van der Waals surface area (Å²) in [4.78, 5) is 23.1. The highest BCUT2D eigenvalue weighted by Gasteiger charge is 2.25. The highest BCUT2D eigenvalue weighted by Crippen LogP contribution is 2.27. The van der Waals surface area contributed by atoms with Crippen molar-refractivity contribution in [2.24, 2.45) is 4.99 Å². The second kappa shape index (κ2) is 10.7. The first-order valence-corrected chi connectivity index (χ1v) is 11.9. The Morgan fingerprint density at radius 3 is 2.77 bits per heavy atom. The molecule has 1 aromatic heterocycles. The van der Waals surface area contributed by atoms with Crippen LogP contribution in [0, 0.1) is 0 Å². The number of carbonyl (C=O) groups is 1. The minimum Gasteiger partial charge on any atom is -0.379 e. The Balaban J connectivity index is 1.39. The van der Waals surface area contributed by atoms with E-state index in [1.165, 1.54) is 10.4 Å². The van der Waals surface area contributed by atoms with Crippen molar-refractivity contribution >= 4 is 28.9 Å². The molecule has 31 heavy (non-hydrogen) atoms. The Morgan fingerprint density at radius 2 is 2.00 bits per heavy atom. The van der Waals surface area contributed by atoms with Gasteiger partial charge in [-0.3, -0.25) is 9.69 Å². The van der Waals surface area contributed by atoms with Gasteiger partial charge in [0.05, 0.1) is 19.3 Å². The number of aliphatic imine (C=N–C) groups is 1. The Kier molecular flexibility index (Phi) is 7.56. The van der Waals surface area contributed by atoms with E-state index in [1.54, 1.807) is 11.3 Å². The van der Waals surface area contributed by atoms with Crippen molar-refractivity contribution in [2.45, 2.75) is 19.4 Å². The number of amides is 1. The maximum Gasteiger partial charge on any atom is 0.248 e. The van der Waals surface area contributed by atoms with Crippen molar-refractivity contribution in [3.63, 3.8) is 0 Å². The molecule has 7 nitrogen and oxygen atoms in total. The SMILES string of the molecule is CCNC(=NCC(=O)N1CCc2ccccc21)NCC(c1cccs1)N1CCOCC1. The normalized spacial score (nSPS) is 18.0. The molecule has 1 amide bonds. The number of hydrogen-bond acceptors (Lipinski definition) is 5. The zero-order chi connectivity index (χ0) is 21.5. The highest BCUT2D eigenvalue weighted by atomic mass is 32.1. The summed E-state index contributed by atoms with van der Waals surface area (Å²) < 4.78 is 5.53. The van der Waals surface area contributed by atoms with Crippen LogP contribution in [0.4, 0.5) is 5.69 Å². The van der Waals surface area contributed by atoms with E-state index in [4.69, 9.17) is 4.74 Å². The number of ether oxygens (including phenoxy) is 1. The van der Waals surface area contributed by atoms with E-state index in [1.807, 2.05) is 30.0 Å². The third-order valence-corrected chi connectivity index (χ3v) is 6.70. The van der Waals surface area contributed by atoms with E-state index in [-0.39, 0.29) is 18.5 Å². The number of hydrogen-bond donors (Lipinski definition) is 2. The van der Waals surface area contributed by atoms with Gasteiger partial charge in [-0.2, -0.15) is 0 Å². The molecule has 1 unspecified atom stereocenters. The molecule has 1 aromatic carbocycles. The van der Waals surface area contributed by atoms with Crippen LogP contribution in [0.3, 0.4) is 0 Å². The summed E-state index contributed by atoms with van der Waals surface area (Å²) in [6.07, 6.45) is 0.909. The summed E-state index contributed by atoms with van der Waals surface area (Å²) in [6, 6.07) is 12.7. The smallest absolute Gasteiger partial charge is 0.248 e. The van der Waals surface area contributed by atoms with E-state index in [9.17, 15) is 4.79 Å². The molecule has 2 aliphatic heterocycles. The molecule has 0 saturated carbocycles. The first kappa shape index (κ1) is 21.8. The predicted molar refractivity (Wildman–Crippen MR) is 126 cm³/mol. The Labute approximate surface area is 188 Å². The molecule has 2 aliphatic rings. The monoisotopic (exact) mass is 441 g/mol. The van der Waals surface area contributed by atoms with Crippen LogP contribution in [0.15, 0.2) is 46.8 Å². The number of thiophene rings is 1. The van der Waals surface area contributed by atoms with Gasteiger partial charge in [-0.05, 0) is 36.4 Å². The summed E-state index contributed by atoms with van der Waals surface area (Å²) in [5, 5.41) is 8.86. The van der Waals surface area contributed by atoms with Crippen LogP contribution in [-0.2, 0) is 16.0 Å². The number of para-hydroxylation sites is 1. The molecule has 2 N–H and O–H groups in total. The van der Waals surface area contributed by atoms with Crippen molar-refractivity contribution < 1.29 is 9.53 Å². The predicted octanol–water partition coefficient (Wildman–Crippen LogP) is 2.27. The molecule has 3 heterocycles. The minimum absolute atomic E-state index is 0.0325. The number of fused-ring (bicyclic) bond motifs is 1. The van der Waals surface area contributed by atoms with Gasteiger partial charge in [0.25, 0.3) is 0 Å². The van der Waals surface area contributed by atoms with E-state index in [0.717, 1.165) is 58.0 Å². The number of nitrogens with zero attached hydrogens (tertiary/aromatic N) is 3. The number of nitrogens with one attached hydrogen (secondary N) is 2. The molecular formula is C23H31N5O2S. The van der Waals surface area contributed by atoms with Crippen LogP contribution < -0.4 is 15.5 Å². The third kappa shape index (κ3) is 5.44. The lowest BCUT2D eigenvalue weighted by atomic mass is 10.2. The van der Waals surface area contributed by atoms with E-state index in [0.29, 0.717) is 5.96 Å². The van der Waals surface area contributed by atoms with Gasteiger partial charge in [-0.1, -0.05) is 24.3 Å². The summed E-state index contributed by atoms with van der Waals surface area (Å²) in [6.45, 7) is 7.74. The number of anilines is 1. The lowest BCUT2D eigenvalue weighted by Gasteiger charge is -2.34. The van der Waals surface area contributed by atoms with E-state index < -0.39 is 0 Å². The topological polar surface area (TPSA) is 69.2 Å². The molecule has 0 aliphatic carbocycles. The largest absolute Gasteiger partial charge is 0.379 e. The number of carbonyl (C=O) groups excluding carboxylic acids is 1. The maximum absolute atomic E-state index is 12.8. The molecule has 1 fully saturated rings. The van der Waals surface area contributed by atoms with Gasteiger partial charge >= 0.3 is 0 Å². The van der Waals surface area contributed by atoms with Crippen LogP contribution in [0.25, 0.3) is 0 Å². The second-order valence-electron chi connectivity index (χ2n) is 7.68. The van der Waals surface area contributed by atoms with Crippen molar-refractivity contribution in [3.8, 4) is 0 Å². The van der Waals surface area contributed by atoms with Gasteiger partial charge in [0.2, 0.25) is 5.91 Å². The number of morpholine rings is 1. The van der Waals surface area contributed by atoms with Crippen molar-refractivity contribution in [1.29, 1.82) is 0 Å². The molecular weight excluding hydrogens is 410 g/mol. The molecule has 1 atom stereocenters. The van der Waals surface area contributed by atoms with Gasteiger partial charge in [0.1, 0.15) is 6.54 Å². The highest BCUT2D eigenvalue weighted by molar-refractivity contribution is 7.10. The van der Waals surface area contributed by atoms with Gasteiger partial charge in [-0.25, -0.2) is 4.99 Å². The molecule has 8 heteroatoms. The first-order chi connectivity index (χ1) is 15.3. The van der Waals surface area contributed by atoms with Gasteiger partial charge in [0.15, 0.2) is 5.96 Å². The Morgan fingerprint density at radius 1 is 1.16 bits per heavy atom. The summed E-state index contributed by atoms with van der Waals surface area (Å²) in [5.74, 6) is 0.711. The van der Waals surface area contributed by atoms with E-state index in [2.05, 4.69) is 44.1 Å². The number of rotatable bonds is 7. The second-order valence-corrected chi connectivity index (χ2v) is 8.66. The molecule has 0 bridgehead atoms. The first-order valence-electron chi connectivity index (χ1n) is 11.0. The molecule has 2 aromatic rings. The minimum atomic E-state index is 0.0325. The lowest BCUT2D eigenvalue weighted by molar-refractivity contribution is -0.117. The Hall–Kier alpha value is -2.42. The summed E-state index contributed by atoms with van der Waals surface area (Å²) in [5.41, 5.74) is 2.25. The van der Waals surface area contributed by atoms with Crippen LogP contribution in [0.1, 0.15) is 23.4 Å². The van der Waals surface area contributed by atoms with Crippen molar-refractivity contribution in [2.75, 3.05) is 57.4 Å². The summed E-state index contributed by atoms with van der Waals surface area (Å²) in [7, 11) is 0. The van der Waals surface area contributed by atoms with Crippen LogP contribution >= 0.6 is 11.3 Å². The molecule has 0 radical (unpaired) electrons. The van der Waals surface area contributed by atoms with Crippen LogP contribution in [0.5, 0.6) is 0 Å². The van der Waals surface area contributed by atoms with Crippen molar-refractivity contribution in [1.82, 2.24) is 15.5 Å². The zero-order valence-corrected chi connectivity index (χ0v) is 18.9. The fourth-order valence-corrected chi connectivity index (χ4v) is 5.00. The van der Waals surface area contributed by atoms with E-state index >= 15 is 0 Å². The standard InChI is InChI=1S/C23H31N5O2S/c1-2-24-23(26-17-22(29)28-10-9-18-6-3-4-7-19(18)28)25-16-20(21-8-5-15-31-21)27-11-13-30-14-12-27/h3-8,15,20H,2,9-14,16-17H2,1H3,(H2,24,25,26).